The topological polar surface area (TPSA) is 73.9 Å². The number of methoxy groups -OCH3 is 1. The van der Waals surface area contributed by atoms with Gasteiger partial charge in [0.15, 0.2) is 0 Å². The van der Waals surface area contributed by atoms with Crippen LogP contribution in [0.2, 0.25) is 0 Å². The average molecular weight is 336 g/mol. The number of benzene rings is 2. The highest BCUT2D eigenvalue weighted by molar-refractivity contribution is 7.03. The van der Waals surface area contributed by atoms with Gasteiger partial charge in [-0.1, -0.05) is 33.9 Å². The van der Waals surface area contributed by atoms with E-state index < -0.39 is 0 Å². The summed E-state index contributed by atoms with van der Waals surface area (Å²) in [5.41, 5.74) is 3.59. The Labute approximate surface area is 141 Å². The van der Waals surface area contributed by atoms with Crippen molar-refractivity contribution in [3.8, 4) is 39.8 Å². The fourth-order valence-electron chi connectivity index (χ4n) is 2.27. The molecule has 0 N–H and O–H groups in total. The number of hydrogen-bond donors (Lipinski definition) is 0. The van der Waals surface area contributed by atoms with E-state index in [2.05, 4.69) is 19.7 Å². The van der Waals surface area contributed by atoms with E-state index in [1.807, 2.05) is 53.9 Å². The van der Waals surface area contributed by atoms with Crippen LogP contribution in [-0.4, -0.2) is 26.8 Å². The lowest BCUT2D eigenvalue weighted by atomic mass is 10.1. The monoisotopic (exact) mass is 336 g/mol. The van der Waals surface area contributed by atoms with Crippen LogP contribution < -0.4 is 4.74 Å². The maximum atomic E-state index is 5.36. The Kier molecular flexibility index (Phi) is 3.76. The van der Waals surface area contributed by atoms with E-state index in [0.717, 1.165) is 28.1 Å². The SMILES string of the molecule is COc1ccc(-c2nc(-c3ccc(-c4csnn4)cc3)no2)cc1. The first-order chi connectivity index (χ1) is 11.8. The van der Waals surface area contributed by atoms with Crippen LogP contribution in [0.25, 0.3) is 34.1 Å². The number of aromatic nitrogens is 4. The van der Waals surface area contributed by atoms with Crippen LogP contribution in [0, 0.1) is 0 Å². The molecule has 0 amide bonds. The highest BCUT2D eigenvalue weighted by Crippen LogP contribution is 2.26. The first-order valence-corrected chi connectivity index (χ1v) is 8.03. The summed E-state index contributed by atoms with van der Waals surface area (Å²) in [7, 11) is 1.63. The molecule has 0 fully saturated rings. The molecule has 4 rings (SSSR count). The zero-order chi connectivity index (χ0) is 16.4. The average Bonchev–Trinajstić information content (AvgIpc) is 3.34. The van der Waals surface area contributed by atoms with Gasteiger partial charge in [-0.05, 0) is 35.8 Å². The van der Waals surface area contributed by atoms with Gasteiger partial charge in [0.25, 0.3) is 5.89 Å². The molecule has 0 saturated carbocycles. The molecule has 0 aliphatic heterocycles. The largest absolute Gasteiger partial charge is 0.497 e. The molecule has 7 heteroatoms. The molecule has 0 saturated heterocycles. The van der Waals surface area contributed by atoms with Crippen molar-refractivity contribution in [3.05, 3.63) is 53.9 Å². The molecule has 0 unspecified atom stereocenters. The van der Waals surface area contributed by atoms with Crippen molar-refractivity contribution in [1.82, 2.24) is 19.7 Å². The van der Waals surface area contributed by atoms with Gasteiger partial charge < -0.3 is 9.26 Å². The molecule has 0 spiro atoms. The summed E-state index contributed by atoms with van der Waals surface area (Å²) >= 11 is 1.33. The van der Waals surface area contributed by atoms with Gasteiger partial charge in [-0.3, -0.25) is 0 Å². The summed E-state index contributed by atoms with van der Waals surface area (Å²) in [6.07, 6.45) is 0. The van der Waals surface area contributed by atoms with Gasteiger partial charge in [-0.15, -0.1) is 5.10 Å². The van der Waals surface area contributed by atoms with E-state index in [4.69, 9.17) is 9.26 Å². The summed E-state index contributed by atoms with van der Waals surface area (Å²) in [6.45, 7) is 0. The zero-order valence-corrected chi connectivity index (χ0v) is 13.5. The summed E-state index contributed by atoms with van der Waals surface area (Å²) in [6, 6.07) is 15.3. The summed E-state index contributed by atoms with van der Waals surface area (Å²) in [5, 5.41) is 10.0. The van der Waals surface area contributed by atoms with Crippen LogP contribution in [0.4, 0.5) is 0 Å². The van der Waals surface area contributed by atoms with Crippen LogP contribution in [-0.2, 0) is 0 Å². The zero-order valence-electron chi connectivity index (χ0n) is 12.7. The lowest BCUT2D eigenvalue weighted by molar-refractivity contribution is 0.414. The number of ether oxygens (including phenoxy) is 1. The van der Waals surface area contributed by atoms with E-state index in [9.17, 15) is 0 Å². The van der Waals surface area contributed by atoms with Crippen LogP contribution >= 0.6 is 11.5 Å². The predicted molar refractivity (Wildman–Crippen MR) is 90.6 cm³/mol. The maximum Gasteiger partial charge on any atom is 0.258 e. The van der Waals surface area contributed by atoms with Crippen molar-refractivity contribution < 1.29 is 9.26 Å². The van der Waals surface area contributed by atoms with Crippen molar-refractivity contribution in [1.29, 1.82) is 0 Å². The van der Waals surface area contributed by atoms with Crippen LogP contribution in [0.1, 0.15) is 0 Å². The summed E-state index contributed by atoms with van der Waals surface area (Å²) < 4.78 is 14.4. The maximum absolute atomic E-state index is 5.36. The number of rotatable bonds is 4. The van der Waals surface area contributed by atoms with Gasteiger partial charge >= 0.3 is 0 Å². The Morgan fingerprint density at radius 3 is 2.29 bits per heavy atom. The van der Waals surface area contributed by atoms with Gasteiger partial charge in [0.2, 0.25) is 5.82 Å². The van der Waals surface area contributed by atoms with E-state index in [0.29, 0.717) is 11.7 Å². The van der Waals surface area contributed by atoms with Crippen LogP contribution in [0.15, 0.2) is 58.4 Å². The molecule has 0 atom stereocenters. The standard InChI is InChI=1S/C17H12N4O2S/c1-22-14-8-6-13(7-9-14)17-18-16(20-23-17)12-4-2-11(3-5-12)15-10-24-21-19-15/h2-10H,1H3. The lowest BCUT2D eigenvalue weighted by Gasteiger charge is -1.99. The Morgan fingerprint density at radius 1 is 0.917 bits per heavy atom. The Balaban J connectivity index is 1.60. The fourth-order valence-corrected chi connectivity index (χ4v) is 2.74. The molecule has 0 bridgehead atoms. The molecular weight excluding hydrogens is 324 g/mol. The van der Waals surface area contributed by atoms with Gasteiger partial charge in [0.05, 0.1) is 7.11 Å². The second-order valence-corrected chi connectivity index (χ2v) is 5.63. The number of nitrogens with zero attached hydrogens (tertiary/aromatic N) is 4. The normalized spacial score (nSPS) is 10.7. The summed E-state index contributed by atoms with van der Waals surface area (Å²) in [5.74, 6) is 1.80. The molecule has 24 heavy (non-hydrogen) atoms. The molecule has 0 radical (unpaired) electrons. The van der Waals surface area contributed by atoms with Gasteiger partial charge in [0.1, 0.15) is 11.4 Å². The fraction of sp³-hybridized carbons (Fsp3) is 0.0588. The minimum Gasteiger partial charge on any atom is -0.497 e. The second-order valence-electron chi connectivity index (χ2n) is 5.02. The van der Waals surface area contributed by atoms with E-state index in [1.54, 1.807) is 7.11 Å². The molecule has 2 aromatic heterocycles. The summed E-state index contributed by atoms with van der Waals surface area (Å²) in [4.78, 5) is 4.45. The molecule has 0 aliphatic carbocycles. The van der Waals surface area contributed by atoms with Gasteiger partial charge in [0, 0.05) is 22.1 Å². The highest BCUT2D eigenvalue weighted by Gasteiger charge is 2.11. The third-order valence-corrected chi connectivity index (χ3v) is 4.07. The van der Waals surface area contributed by atoms with Gasteiger partial charge in [-0.2, -0.15) is 4.98 Å². The molecule has 118 valence electrons. The smallest absolute Gasteiger partial charge is 0.258 e. The second kappa shape index (κ2) is 6.21. The third-order valence-electron chi connectivity index (χ3n) is 3.56. The minimum atomic E-state index is 0.473. The molecule has 2 heterocycles. The predicted octanol–water partition coefficient (Wildman–Crippen LogP) is 3.93. The quantitative estimate of drug-likeness (QED) is 0.562. The molecule has 2 aromatic carbocycles. The third kappa shape index (κ3) is 2.77. The van der Waals surface area contributed by atoms with Crippen molar-refractivity contribution in [3.63, 3.8) is 0 Å². The first-order valence-electron chi connectivity index (χ1n) is 7.19. The highest BCUT2D eigenvalue weighted by atomic mass is 32.1. The Morgan fingerprint density at radius 2 is 1.62 bits per heavy atom. The molecular formula is C17H12N4O2S. The van der Waals surface area contributed by atoms with Gasteiger partial charge in [-0.25, -0.2) is 0 Å². The lowest BCUT2D eigenvalue weighted by Crippen LogP contribution is -1.84. The first kappa shape index (κ1) is 14.5. The van der Waals surface area contributed by atoms with Crippen molar-refractivity contribution in [2.75, 3.05) is 7.11 Å². The van der Waals surface area contributed by atoms with Crippen LogP contribution in [0.3, 0.4) is 0 Å². The molecule has 6 nitrogen and oxygen atoms in total. The van der Waals surface area contributed by atoms with Crippen molar-refractivity contribution in [2.24, 2.45) is 0 Å². The van der Waals surface area contributed by atoms with E-state index >= 15 is 0 Å². The number of hydrogen-bond acceptors (Lipinski definition) is 7. The minimum absolute atomic E-state index is 0.473. The van der Waals surface area contributed by atoms with Crippen molar-refractivity contribution in [2.45, 2.75) is 0 Å². The van der Waals surface area contributed by atoms with E-state index in [1.165, 1.54) is 11.5 Å². The Bertz CT molecular complexity index is 932. The molecule has 0 aliphatic rings. The Hall–Kier alpha value is -3.06. The van der Waals surface area contributed by atoms with Crippen molar-refractivity contribution >= 4 is 11.5 Å². The molecule has 4 aromatic rings. The van der Waals surface area contributed by atoms with E-state index in [-0.39, 0.29) is 0 Å². The van der Waals surface area contributed by atoms with Crippen LogP contribution in [0.5, 0.6) is 5.75 Å².